The van der Waals surface area contributed by atoms with Gasteiger partial charge in [-0.2, -0.15) is 0 Å². The highest BCUT2D eigenvalue weighted by atomic mass is 19.3. The fraction of sp³-hybridized carbons (Fsp3) is 0.375. The van der Waals surface area contributed by atoms with Crippen LogP contribution in [0.4, 0.5) is 20.4 Å². The summed E-state index contributed by atoms with van der Waals surface area (Å²) in [6.45, 7) is -0.375. The highest BCUT2D eigenvalue weighted by Crippen LogP contribution is 2.08. The van der Waals surface area contributed by atoms with Crippen LogP contribution >= 0.6 is 0 Å². The number of hydrogen-bond donors (Lipinski definition) is 2. The highest BCUT2D eigenvalue weighted by molar-refractivity contribution is 5.44. The fourth-order valence-corrected chi connectivity index (χ4v) is 0.854. The number of alkyl halides is 2. The summed E-state index contributed by atoms with van der Waals surface area (Å²) >= 11 is 0. The number of pyridine rings is 1. The zero-order valence-electron chi connectivity index (χ0n) is 7.22. The van der Waals surface area contributed by atoms with Crippen molar-refractivity contribution >= 4 is 11.6 Å². The number of nitrogens with one attached hydrogen (secondary N) is 2. The minimum absolute atomic E-state index is 0.375. The molecule has 3 nitrogen and oxygen atoms in total. The molecule has 2 N–H and O–H groups in total. The Morgan fingerprint density at radius 1 is 1.38 bits per heavy atom. The van der Waals surface area contributed by atoms with Gasteiger partial charge in [-0.05, 0) is 12.1 Å². The fourth-order valence-electron chi connectivity index (χ4n) is 0.854. The van der Waals surface area contributed by atoms with Crippen LogP contribution < -0.4 is 10.6 Å². The van der Waals surface area contributed by atoms with Gasteiger partial charge in [0, 0.05) is 7.05 Å². The van der Waals surface area contributed by atoms with Crippen molar-refractivity contribution in [3.05, 3.63) is 18.2 Å². The van der Waals surface area contributed by atoms with E-state index in [4.69, 9.17) is 0 Å². The molecule has 0 amide bonds. The Morgan fingerprint density at radius 3 is 2.69 bits per heavy atom. The first-order chi connectivity index (χ1) is 6.22. The largest absolute Gasteiger partial charge is 0.373 e. The Labute approximate surface area is 75.2 Å². The molecule has 1 aromatic rings. The van der Waals surface area contributed by atoms with E-state index in [9.17, 15) is 8.78 Å². The molecule has 0 bridgehead atoms. The molecule has 1 aromatic heterocycles. The van der Waals surface area contributed by atoms with Crippen molar-refractivity contribution in [3.63, 3.8) is 0 Å². The van der Waals surface area contributed by atoms with E-state index in [-0.39, 0.29) is 6.54 Å². The van der Waals surface area contributed by atoms with Crippen molar-refractivity contribution in [1.29, 1.82) is 0 Å². The van der Waals surface area contributed by atoms with Gasteiger partial charge in [0.05, 0.1) is 6.54 Å². The first-order valence-electron chi connectivity index (χ1n) is 3.89. The van der Waals surface area contributed by atoms with Crippen LogP contribution in [-0.2, 0) is 0 Å². The lowest BCUT2D eigenvalue weighted by Crippen LogP contribution is -2.11. The summed E-state index contributed by atoms with van der Waals surface area (Å²) in [6, 6.07) is 5.14. The molecule has 5 heteroatoms. The lowest BCUT2D eigenvalue weighted by Gasteiger charge is -2.05. The van der Waals surface area contributed by atoms with E-state index in [1.165, 1.54) is 0 Å². The molecule has 1 rings (SSSR count). The summed E-state index contributed by atoms with van der Waals surface area (Å²) in [5.41, 5.74) is 0. The minimum atomic E-state index is -2.36. The van der Waals surface area contributed by atoms with Gasteiger partial charge in [0.15, 0.2) is 0 Å². The normalized spacial score (nSPS) is 10.2. The van der Waals surface area contributed by atoms with Gasteiger partial charge >= 0.3 is 0 Å². The van der Waals surface area contributed by atoms with E-state index >= 15 is 0 Å². The third-order valence-electron chi connectivity index (χ3n) is 1.44. The van der Waals surface area contributed by atoms with E-state index in [1.807, 2.05) is 0 Å². The van der Waals surface area contributed by atoms with Crippen molar-refractivity contribution in [3.8, 4) is 0 Å². The number of rotatable bonds is 4. The molecule has 0 aliphatic rings. The van der Waals surface area contributed by atoms with Gasteiger partial charge in [-0.1, -0.05) is 6.07 Å². The molecule has 0 saturated carbocycles. The average molecular weight is 187 g/mol. The molecular weight excluding hydrogens is 176 g/mol. The Morgan fingerprint density at radius 2 is 2.08 bits per heavy atom. The van der Waals surface area contributed by atoms with Crippen LogP contribution in [0.15, 0.2) is 18.2 Å². The van der Waals surface area contributed by atoms with Gasteiger partial charge in [0.2, 0.25) is 0 Å². The molecule has 0 radical (unpaired) electrons. The summed E-state index contributed by atoms with van der Waals surface area (Å²) in [5, 5.41) is 5.33. The van der Waals surface area contributed by atoms with Gasteiger partial charge in [-0.3, -0.25) is 0 Å². The molecule has 72 valence electrons. The maximum absolute atomic E-state index is 11.8. The molecule has 0 aliphatic heterocycles. The van der Waals surface area contributed by atoms with E-state index < -0.39 is 6.43 Å². The molecule has 13 heavy (non-hydrogen) atoms. The van der Waals surface area contributed by atoms with Crippen LogP contribution in [0.5, 0.6) is 0 Å². The minimum Gasteiger partial charge on any atom is -0.373 e. The molecule has 0 spiro atoms. The Bertz CT molecular complexity index is 265. The van der Waals surface area contributed by atoms with Crippen LogP contribution in [0.25, 0.3) is 0 Å². The topological polar surface area (TPSA) is 37.0 Å². The maximum atomic E-state index is 11.8. The summed E-state index contributed by atoms with van der Waals surface area (Å²) in [4.78, 5) is 4.01. The monoisotopic (exact) mass is 187 g/mol. The molecule has 1 heterocycles. The maximum Gasteiger partial charge on any atom is 0.255 e. The van der Waals surface area contributed by atoms with Gasteiger partial charge < -0.3 is 10.6 Å². The second kappa shape index (κ2) is 4.59. The summed E-state index contributed by atoms with van der Waals surface area (Å²) in [5.74, 6) is 1.10. The van der Waals surface area contributed by atoms with Crippen molar-refractivity contribution < 1.29 is 8.78 Å². The van der Waals surface area contributed by atoms with Crippen LogP contribution in [0, 0.1) is 0 Å². The molecule has 0 aromatic carbocycles. The van der Waals surface area contributed by atoms with Crippen molar-refractivity contribution in [2.45, 2.75) is 6.43 Å². The van der Waals surface area contributed by atoms with E-state index in [0.29, 0.717) is 11.6 Å². The van der Waals surface area contributed by atoms with Gasteiger partial charge in [0.25, 0.3) is 6.43 Å². The number of hydrogen-bond acceptors (Lipinski definition) is 3. The molecule has 0 atom stereocenters. The zero-order chi connectivity index (χ0) is 9.68. The van der Waals surface area contributed by atoms with Gasteiger partial charge in [-0.15, -0.1) is 0 Å². The number of aromatic nitrogens is 1. The Hall–Kier alpha value is -1.39. The second-order valence-electron chi connectivity index (χ2n) is 2.43. The second-order valence-corrected chi connectivity index (χ2v) is 2.43. The molecular formula is C8H11F2N3. The van der Waals surface area contributed by atoms with Crippen LogP contribution in [0.3, 0.4) is 0 Å². The lowest BCUT2D eigenvalue weighted by atomic mass is 10.4. The van der Waals surface area contributed by atoms with Crippen LogP contribution in [0.2, 0.25) is 0 Å². The van der Waals surface area contributed by atoms with Gasteiger partial charge in [0.1, 0.15) is 11.6 Å². The quantitative estimate of drug-likeness (QED) is 0.754. The van der Waals surface area contributed by atoms with Crippen molar-refractivity contribution in [2.75, 3.05) is 24.2 Å². The predicted molar refractivity (Wildman–Crippen MR) is 48.3 cm³/mol. The Kier molecular flexibility index (Phi) is 3.42. The zero-order valence-corrected chi connectivity index (χ0v) is 7.22. The SMILES string of the molecule is CNc1cccc(NCC(F)F)n1. The van der Waals surface area contributed by atoms with E-state index in [1.54, 1.807) is 25.2 Å². The third kappa shape index (κ3) is 3.23. The van der Waals surface area contributed by atoms with E-state index in [2.05, 4.69) is 15.6 Å². The van der Waals surface area contributed by atoms with Crippen LogP contribution in [-0.4, -0.2) is 25.0 Å². The lowest BCUT2D eigenvalue weighted by molar-refractivity contribution is 0.163. The van der Waals surface area contributed by atoms with Gasteiger partial charge in [-0.25, -0.2) is 13.8 Å². The standard InChI is InChI=1S/C8H11F2N3/c1-11-7-3-2-4-8(13-7)12-5-6(9)10/h2-4,6H,5H2,1H3,(H2,11,12,13). The number of anilines is 2. The van der Waals surface area contributed by atoms with Crippen molar-refractivity contribution in [2.24, 2.45) is 0 Å². The molecule has 0 aliphatic carbocycles. The molecule has 0 saturated heterocycles. The highest BCUT2D eigenvalue weighted by Gasteiger charge is 2.02. The third-order valence-corrected chi connectivity index (χ3v) is 1.44. The predicted octanol–water partition coefficient (Wildman–Crippen LogP) is 1.80. The number of halogens is 2. The van der Waals surface area contributed by atoms with E-state index in [0.717, 1.165) is 0 Å². The summed E-state index contributed by atoms with van der Waals surface area (Å²) in [6.07, 6.45) is -2.36. The molecule has 0 fully saturated rings. The smallest absolute Gasteiger partial charge is 0.255 e. The average Bonchev–Trinajstić information content (AvgIpc) is 2.15. The molecule has 0 unspecified atom stereocenters. The first-order valence-corrected chi connectivity index (χ1v) is 3.89. The first kappa shape index (κ1) is 9.70. The number of nitrogens with zero attached hydrogens (tertiary/aromatic N) is 1. The summed E-state index contributed by atoms with van der Waals surface area (Å²) in [7, 11) is 1.72. The summed E-state index contributed by atoms with van der Waals surface area (Å²) < 4.78 is 23.6. The van der Waals surface area contributed by atoms with Crippen LogP contribution in [0.1, 0.15) is 0 Å². The Balaban J connectivity index is 2.56. The van der Waals surface area contributed by atoms with Crippen molar-refractivity contribution in [1.82, 2.24) is 4.98 Å².